The van der Waals surface area contributed by atoms with Gasteiger partial charge in [-0.3, -0.25) is 0 Å². The number of nitrogens with zero attached hydrogens (tertiary/aromatic N) is 1. The Labute approximate surface area is 125 Å². The number of aliphatic carboxylic acids is 1. The van der Waals surface area contributed by atoms with Gasteiger partial charge in [0.2, 0.25) is 0 Å². The SMILES string of the molecule is C=C(C=CC#N)C=CC=CC(=O)O.C=Cc1ccccc1. The van der Waals surface area contributed by atoms with Gasteiger partial charge in [0.05, 0.1) is 6.07 Å². The van der Waals surface area contributed by atoms with Crippen molar-refractivity contribution in [2.24, 2.45) is 0 Å². The Morgan fingerprint density at radius 3 is 2.24 bits per heavy atom. The fourth-order valence-electron chi connectivity index (χ4n) is 1.11. The molecule has 0 radical (unpaired) electrons. The van der Waals surface area contributed by atoms with Crippen LogP contribution in [0.15, 0.2) is 85.5 Å². The fraction of sp³-hybridized carbons (Fsp3) is 0. The molecular weight excluding hydrogens is 262 g/mol. The van der Waals surface area contributed by atoms with Gasteiger partial charge in [-0.25, -0.2) is 4.79 Å². The molecule has 0 aromatic heterocycles. The van der Waals surface area contributed by atoms with Crippen LogP contribution in [0.3, 0.4) is 0 Å². The smallest absolute Gasteiger partial charge is 0.328 e. The van der Waals surface area contributed by atoms with Crippen molar-refractivity contribution in [1.29, 1.82) is 5.26 Å². The standard InChI is InChI=1S/C10H9NO2.C8H8/c1-9(6-4-8-11)5-2-3-7-10(12)13;1-2-8-6-4-3-5-7-8/h2-7H,1H2,(H,12,13);2-7H,1H2. The van der Waals surface area contributed by atoms with Crippen molar-refractivity contribution >= 4 is 12.0 Å². The summed E-state index contributed by atoms with van der Waals surface area (Å²) >= 11 is 0. The molecular formula is C18H17NO2. The summed E-state index contributed by atoms with van der Waals surface area (Å²) < 4.78 is 0. The van der Waals surface area contributed by atoms with Crippen molar-refractivity contribution in [2.75, 3.05) is 0 Å². The highest BCUT2D eigenvalue weighted by Crippen LogP contribution is 1.97. The molecule has 0 fully saturated rings. The number of allylic oxidation sites excluding steroid dienone is 6. The van der Waals surface area contributed by atoms with E-state index in [2.05, 4.69) is 13.2 Å². The zero-order valence-corrected chi connectivity index (χ0v) is 11.6. The third-order valence-electron chi connectivity index (χ3n) is 2.07. The van der Waals surface area contributed by atoms with Gasteiger partial charge in [0.1, 0.15) is 0 Å². The predicted molar refractivity (Wildman–Crippen MR) is 86.3 cm³/mol. The second kappa shape index (κ2) is 11.9. The van der Waals surface area contributed by atoms with Gasteiger partial charge in [-0.2, -0.15) is 5.26 Å². The molecule has 0 heterocycles. The molecule has 106 valence electrons. The van der Waals surface area contributed by atoms with Crippen LogP contribution in [0.2, 0.25) is 0 Å². The number of nitriles is 1. The normalized spacial score (nSPS) is 10.0. The summed E-state index contributed by atoms with van der Waals surface area (Å²) in [7, 11) is 0. The number of carboxylic acids is 1. The molecule has 0 aliphatic carbocycles. The molecule has 21 heavy (non-hydrogen) atoms. The van der Waals surface area contributed by atoms with Crippen LogP contribution in [-0.4, -0.2) is 11.1 Å². The van der Waals surface area contributed by atoms with E-state index in [1.165, 1.54) is 29.9 Å². The van der Waals surface area contributed by atoms with Crippen molar-refractivity contribution in [3.8, 4) is 6.07 Å². The number of carboxylic acid groups (broad SMARTS) is 1. The zero-order valence-electron chi connectivity index (χ0n) is 11.6. The second-order valence-corrected chi connectivity index (χ2v) is 3.71. The molecule has 0 saturated carbocycles. The topological polar surface area (TPSA) is 61.1 Å². The van der Waals surface area contributed by atoms with Crippen molar-refractivity contribution in [2.45, 2.75) is 0 Å². The number of benzene rings is 1. The lowest BCUT2D eigenvalue weighted by molar-refractivity contribution is -0.131. The fourth-order valence-corrected chi connectivity index (χ4v) is 1.11. The van der Waals surface area contributed by atoms with Gasteiger partial charge in [0.15, 0.2) is 0 Å². The predicted octanol–water partition coefficient (Wildman–Crippen LogP) is 4.15. The van der Waals surface area contributed by atoms with Crippen molar-refractivity contribution in [3.63, 3.8) is 0 Å². The third kappa shape index (κ3) is 11.7. The first kappa shape index (κ1) is 17.9. The van der Waals surface area contributed by atoms with E-state index < -0.39 is 5.97 Å². The highest BCUT2D eigenvalue weighted by Gasteiger charge is 1.81. The van der Waals surface area contributed by atoms with E-state index in [4.69, 9.17) is 10.4 Å². The lowest BCUT2D eigenvalue weighted by Gasteiger charge is -1.85. The van der Waals surface area contributed by atoms with Crippen LogP contribution in [0.25, 0.3) is 6.08 Å². The average Bonchev–Trinajstić information content (AvgIpc) is 2.50. The van der Waals surface area contributed by atoms with Crippen molar-refractivity contribution < 1.29 is 9.90 Å². The molecule has 0 amide bonds. The third-order valence-corrected chi connectivity index (χ3v) is 2.07. The lowest BCUT2D eigenvalue weighted by atomic mass is 10.2. The maximum atomic E-state index is 10.0. The van der Waals surface area contributed by atoms with E-state index in [-0.39, 0.29) is 0 Å². The van der Waals surface area contributed by atoms with Gasteiger partial charge in [-0.1, -0.05) is 67.8 Å². The van der Waals surface area contributed by atoms with Gasteiger partial charge in [0.25, 0.3) is 0 Å². The van der Waals surface area contributed by atoms with E-state index in [1.54, 1.807) is 6.08 Å². The first-order valence-electron chi connectivity index (χ1n) is 6.10. The molecule has 0 saturated heterocycles. The maximum Gasteiger partial charge on any atom is 0.328 e. The molecule has 0 unspecified atom stereocenters. The maximum absolute atomic E-state index is 10.0. The Kier molecular flexibility index (Phi) is 10.2. The largest absolute Gasteiger partial charge is 0.478 e. The molecule has 1 aromatic rings. The van der Waals surface area contributed by atoms with E-state index >= 15 is 0 Å². The van der Waals surface area contributed by atoms with Crippen LogP contribution in [0, 0.1) is 11.3 Å². The minimum atomic E-state index is -0.997. The minimum absolute atomic E-state index is 0.636. The zero-order chi connectivity index (χ0) is 15.9. The first-order valence-corrected chi connectivity index (χ1v) is 6.10. The summed E-state index contributed by atoms with van der Waals surface area (Å²) in [6.07, 6.45) is 10.2. The van der Waals surface area contributed by atoms with Gasteiger partial charge >= 0.3 is 5.97 Å². The molecule has 1 aromatic carbocycles. The van der Waals surface area contributed by atoms with E-state index in [1.807, 2.05) is 42.5 Å². The van der Waals surface area contributed by atoms with E-state index in [9.17, 15) is 4.79 Å². The molecule has 1 rings (SSSR count). The van der Waals surface area contributed by atoms with Gasteiger partial charge in [-0.05, 0) is 17.2 Å². The van der Waals surface area contributed by atoms with Crippen molar-refractivity contribution in [3.05, 3.63) is 91.1 Å². The van der Waals surface area contributed by atoms with Gasteiger partial charge < -0.3 is 5.11 Å². The number of hydrogen-bond donors (Lipinski definition) is 1. The van der Waals surface area contributed by atoms with Crippen LogP contribution in [0.5, 0.6) is 0 Å². The highest BCUT2D eigenvalue weighted by atomic mass is 16.4. The molecule has 3 heteroatoms. The second-order valence-electron chi connectivity index (χ2n) is 3.71. The Morgan fingerprint density at radius 2 is 1.76 bits per heavy atom. The Morgan fingerprint density at radius 1 is 1.14 bits per heavy atom. The summed E-state index contributed by atoms with van der Waals surface area (Å²) in [6.45, 7) is 7.23. The lowest BCUT2D eigenvalue weighted by Crippen LogP contribution is -1.84. The molecule has 0 aliphatic heterocycles. The van der Waals surface area contributed by atoms with Crippen LogP contribution in [-0.2, 0) is 4.79 Å². The number of rotatable bonds is 5. The highest BCUT2D eigenvalue weighted by molar-refractivity contribution is 5.80. The molecule has 1 N–H and O–H groups in total. The minimum Gasteiger partial charge on any atom is -0.478 e. The summed E-state index contributed by atoms with van der Waals surface area (Å²) in [5, 5.41) is 16.4. The van der Waals surface area contributed by atoms with Gasteiger partial charge in [0, 0.05) is 12.2 Å². The van der Waals surface area contributed by atoms with E-state index in [0.717, 1.165) is 6.08 Å². The number of carbonyl (C=O) groups is 1. The Hall–Kier alpha value is -3.12. The van der Waals surface area contributed by atoms with Crippen LogP contribution in [0.4, 0.5) is 0 Å². The molecule has 0 atom stereocenters. The molecule has 0 bridgehead atoms. The Bertz CT molecular complexity index is 587. The summed E-state index contributed by atoms with van der Waals surface area (Å²) in [5.41, 5.74) is 1.81. The number of hydrogen-bond acceptors (Lipinski definition) is 2. The van der Waals surface area contributed by atoms with Crippen LogP contribution in [0.1, 0.15) is 5.56 Å². The quantitative estimate of drug-likeness (QED) is 0.500. The summed E-state index contributed by atoms with van der Waals surface area (Å²) in [6, 6.07) is 11.8. The monoisotopic (exact) mass is 279 g/mol. The van der Waals surface area contributed by atoms with Crippen LogP contribution >= 0.6 is 0 Å². The molecule has 0 spiro atoms. The van der Waals surface area contributed by atoms with Gasteiger partial charge in [-0.15, -0.1) is 0 Å². The van der Waals surface area contributed by atoms with Crippen LogP contribution < -0.4 is 0 Å². The van der Waals surface area contributed by atoms with Crippen molar-refractivity contribution in [1.82, 2.24) is 0 Å². The van der Waals surface area contributed by atoms with E-state index in [0.29, 0.717) is 5.57 Å². The first-order chi connectivity index (χ1) is 10.1. The average molecular weight is 279 g/mol. The molecule has 3 nitrogen and oxygen atoms in total. The Balaban J connectivity index is 0.000000423. The molecule has 0 aliphatic rings. The summed E-state index contributed by atoms with van der Waals surface area (Å²) in [4.78, 5) is 10.0. The summed E-state index contributed by atoms with van der Waals surface area (Å²) in [5.74, 6) is -0.997.